The zero-order valence-electron chi connectivity index (χ0n) is 19.1. The number of fused-ring (bicyclic) bond motifs is 6. The largest absolute Gasteiger partial charge is 0.309 e. The van der Waals surface area contributed by atoms with Crippen LogP contribution in [0.4, 0.5) is 5.69 Å². The van der Waals surface area contributed by atoms with Crippen LogP contribution >= 0.6 is 0 Å². The van der Waals surface area contributed by atoms with Crippen LogP contribution in [0.15, 0.2) is 103 Å². The number of nitrogens with zero attached hydrogens (tertiary/aromatic N) is 5. The summed E-state index contributed by atoms with van der Waals surface area (Å²) in [7, 11) is 0. The molecular weight excluding hydrogens is 442 g/mol. The Balaban J connectivity index is 1.59. The first-order valence-electron chi connectivity index (χ1n) is 11.6. The fraction of sp³-hybridized carbons (Fsp3) is 0. The van der Waals surface area contributed by atoms with Crippen LogP contribution in [-0.2, 0) is 0 Å². The Labute approximate surface area is 206 Å². The summed E-state index contributed by atoms with van der Waals surface area (Å²) >= 11 is 0. The Bertz CT molecular complexity index is 2030. The molecule has 0 unspecified atom stereocenters. The van der Waals surface area contributed by atoms with Crippen LogP contribution in [0.25, 0.3) is 60.0 Å². The summed E-state index contributed by atoms with van der Waals surface area (Å²) in [5.41, 5.74) is 6.83. The van der Waals surface area contributed by atoms with Gasteiger partial charge in [-0.3, -0.25) is 4.57 Å². The van der Waals surface area contributed by atoms with E-state index in [9.17, 15) is 5.26 Å². The Morgan fingerprint density at radius 3 is 2.06 bits per heavy atom. The third kappa shape index (κ3) is 2.78. The van der Waals surface area contributed by atoms with Crippen molar-refractivity contribution in [3.05, 3.63) is 120 Å². The summed E-state index contributed by atoms with van der Waals surface area (Å²) in [5, 5.41) is 14.3. The van der Waals surface area contributed by atoms with Crippen molar-refractivity contribution in [1.82, 2.24) is 14.1 Å². The predicted molar refractivity (Wildman–Crippen MR) is 144 cm³/mol. The fourth-order valence-electron chi connectivity index (χ4n) is 5.28. The smallest absolute Gasteiger partial charge is 0.188 e. The molecule has 0 aliphatic rings. The molecule has 5 nitrogen and oxygen atoms in total. The Hall–Kier alpha value is -5.39. The van der Waals surface area contributed by atoms with Crippen LogP contribution in [0, 0.1) is 17.9 Å². The lowest BCUT2D eigenvalue weighted by Gasteiger charge is -2.13. The maximum atomic E-state index is 9.99. The van der Waals surface area contributed by atoms with Crippen LogP contribution in [-0.4, -0.2) is 14.1 Å². The molecule has 0 aliphatic heterocycles. The van der Waals surface area contributed by atoms with E-state index in [2.05, 4.69) is 56.4 Å². The average molecular weight is 460 g/mol. The number of rotatable bonds is 2. The van der Waals surface area contributed by atoms with Gasteiger partial charge in [0, 0.05) is 28.0 Å². The van der Waals surface area contributed by atoms with Gasteiger partial charge in [0.2, 0.25) is 0 Å². The minimum absolute atomic E-state index is 0.563. The van der Waals surface area contributed by atoms with E-state index in [0.29, 0.717) is 11.3 Å². The second-order valence-electron chi connectivity index (χ2n) is 8.74. The van der Waals surface area contributed by atoms with Crippen LogP contribution in [0.5, 0.6) is 0 Å². The molecule has 0 spiro atoms. The maximum absolute atomic E-state index is 9.99. The zero-order chi connectivity index (χ0) is 24.2. The quantitative estimate of drug-likeness (QED) is 0.249. The topological polar surface area (TPSA) is 50.9 Å². The molecule has 0 bridgehead atoms. The van der Waals surface area contributed by atoms with Crippen molar-refractivity contribution in [3.63, 3.8) is 0 Å². The molecule has 166 valence electrons. The molecule has 0 N–H and O–H groups in total. The molecular formula is C31H17N5. The summed E-state index contributed by atoms with van der Waals surface area (Å²) in [6, 6.07) is 34.5. The van der Waals surface area contributed by atoms with E-state index in [1.54, 1.807) is 6.20 Å². The predicted octanol–water partition coefficient (Wildman–Crippen LogP) is 7.70. The van der Waals surface area contributed by atoms with E-state index in [1.807, 2.05) is 60.7 Å². The molecule has 7 rings (SSSR count). The van der Waals surface area contributed by atoms with Crippen LogP contribution in [0.1, 0.15) is 5.56 Å². The molecule has 0 atom stereocenters. The molecule has 0 amide bonds. The first-order chi connectivity index (χ1) is 17.8. The molecule has 7 aromatic rings. The van der Waals surface area contributed by atoms with E-state index in [1.165, 1.54) is 0 Å². The number of aromatic nitrogens is 3. The number of hydrogen-bond donors (Lipinski definition) is 0. The summed E-state index contributed by atoms with van der Waals surface area (Å²) < 4.78 is 4.30. The highest BCUT2D eigenvalue weighted by atomic mass is 15.1. The fourth-order valence-corrected chi connectivity index (χ4v) is 5.28. The Morgan fingerprint density at radius 1 is 0.667 bits per heavy atom. The summed E-state index contributed by atoms with van der Waals surface area (Å²) in [6.07, 6.45) is 1.80. The van der Waals surface area contributed by atoms with Crippen molar-refractivity contribution < 1.29 is 0 Å². The standard InChI is InChI=1S/C31H17N5/c1-33-21-12-13-30-27(17-21)25-8-3-4-10-28(25)35(30)22-15-20(19-32)16-23(18-22)36-29-11-5-2-7-24(29)26-9-6-14-34-31(26)36/h2-18H. The van der Waals surface area contributed by atoms with E-state index in [0.717, 1.165) is 55.1 Å². The van der Waals surface area contributed by atoms with Gasteiger partial charge in [0.25, 0.3) is 0 Å². The lowest BCUT2D eigenvalue weighted by atomic mass is 10.1. The number of benzene rings is 4. The SMILES string of the molecule is [C-]#[N+]c1ccc2c(c1)c1ccccc1n2-c1cc(C#N)cc(-n2c3ccccc3c3cccnc32)c1. The zero-order valence-corrected chi connectivity index (χ0v) is 19.1. The number of pyridine rings is 1. The Morgan fingerprint density at radius 2 is 1.31 bits per heavy atom. The molecule has 4 aromatic carbocycles. The van der Waals surface area contributed by atoms with E-state index in [-0.39, 0.29) is 0 Å². The van der Waals surface area contributed by atoms with Gasteiger partial charge in [-0.25, -0.2) is 9.83 Å². The van der Waals surface area contributed by atoms with E-state index >= 15 is 0 Å². The monoisotopic (exact) mass is 459 g/mol. The first kappa shape index (κ1) is 20.0. The van der Waals surface area contributed by atoms with Crippen molar-refractivity contribution in [2.75, 3.05) is 0 Å². The van der Waals surface area contributed by atoms with Crippen molar-refractivity contribution in [2.24, 2.45) is 0 Å². The van der Waals surface area contributed by atoms with Gasteiger partial charge in [-0.15, -0.1) is 0 Å². The molecule has 0 saturated heterocycles. The van der Waals surface area contributed by atoms with E-state index < -0.39 is 0 Å². The molecule has 5 heteroatoms. The number of hydrogen-bond acceptors (Lipinski definition) is 2. The minimum Gasteiger partial charge on any atom is -0.309 e. The van der Waals surface area contributed by atoms with Gasteiger partial charge in [0.1, 0.15) is 5.65 Å². The lowest BCUT2D eigenvalue weighted by Crippen LogP contribution is -2.00. The van der Waals surface area contributed by atoms with Crippen molar-refractivity contribution >= 4 is 49.4 Å². The molecule has 0 radical (unpaired) electrons. The molecule has 3 aromatic heterocycles. The molecule has 3 heterocycles. The normalized spacial score (nSPS) is 11.3. The van der Waals surface area contributed by atoms with Crippen LogP contribution < -0.4 is 0 Å². The van der Waals surface area contributed by atoms with Crippen molar-refractivity contribution in [3.8, 4) is 17.4 Å². The van der Waals surface area contributed by atoms with Gasteiger partial charge in [-0.1, -0.05) is 42.5 Å². The second kappa shape index (κ2) is 7.56. The third-order valence-corrected chi connectivity index (χ3v) is 6.77. The minimum atomic E-state index is 0.563. The summed E-state index contributed by atoms with van der Waals surface area (Å²) in [5.74, 6) is 0. The van der Waals surface area contributed by atoms with E-state index in [4.69, 9.17) is 11.6 Å². The Kier molecular flexibility index (Phi) is 4.21. The van der Waals surface area contributed by atoms with Gasteiger partial charge < -0.3 is 4.57 Å². The highest BCUT2D eigenvalue weighted by Crippen LogP contribution is 2.36. The first-order valence-corrected chi connectivity index (χ1v) is 11.6. The maximum Gasteiger partial charge on any atom is 0.188 e. The highest BCUT2D eigenvalue weighted by molar-refractivity contribution is 6.10. The average Bonchev–Trinajstić information content (AvgIpc) is 3.45. The van der Waals surface area contributed by atoms with Gasteiger partial charge in [0.15, 0.2) is 5.69 Å². The number of para-hydroxylation sites is 2. The third-order valence-electron chi connectivity index (χ3n) is 6.77. The summed E-state index contributed by atoms with van der Waals surface area (Å²) in [4.78, 5) is 8.34. The van der Waals surface area contributed by atoms with Crippen molar-refractivity contribution in [2.45, 2.75) is 0 Å². The molecule has 36 heavy (non-hydrogen) atoms. The van der Waals surface area contributed by atoms with Gasteiger partial charge in [-0.2, -0.15) is 5.26 Å². The lowest BCUT2D eigenvalue weighted by molar-refractivity contribution is 1.11. The van der Waals surface area contributed by atoms with Crippen LogP contribution in [0.2, 0.25) is 0 Å². The van der Waals surface area contributed by atoms with Gasteiger partial charge >= 0.3 is 0 Å². The molecule has 0 aliphatic carbocycles. The molecule has 0 saturated carbocycles. The summed E-state index contributed by atoms with van der Waals surface area (Å²) in [6.45, 7) is 7.46. The van der Waals surface area contributed by atoms with Crippen LogP contribution in [0.3, 0.4) is 0 Å². The van der Waals surface area contributed by atoms with Gasteiger partial charge in [-0.05, 0) is 60.0 Å². The highest BCUT2D eigenvalue weighted by Gasteiger charge is 2.17. The number of nitriles is 1. The second-order valence-corrected chi connectivity index (χ2v) is 8.74. The van der Waals surface area contributed by atoms with Gasteiger partial charge in [0.05, 0.1) is 40.4 Å². The molecule has 0 fully saturated rings. The van der Waals surface area contributed by atoms with Crippen molar-refractivity contribution in [1.29, 1.82) is 5.26 Å².